The molecule has 0 bridgehead atoms. The van der Waals surface area contributed by atoms with Gasteiger partial charge in [-0.1, -0.05) is 0 Å². The first-order chi connectivity index (χ1) is 6.15. The van der Waals surface area contributed by atoms with Crippen LogP contribution in [0.3, 0.4) is 0 Å². The Morgan fingerprint density at radius 2 is 2.46 bits per heavy atom. The lowest BCUT2D eigenvalue weighted by atomic mass is 10.3. The van der Waals surface area contributed by atoms with Crippen LogP contribution in [0.2, 0.25) is 0 Å². The highest BCUT2D eigenvalue weighted by atomic mass is 79.9. The fourth-order valence-electron chi connectivity index (χ4n) is 0.803. The highest BCUT2D eigenvalue weighted by molar-refractivity contribution is 9.10. The summed E-state index contributed by atoms with van der Waals surface area (Å²) in [7, 11) is 0. The van der Waals surface area contributed by atoms with E-state index in [9.17, 15) is 4.79 Å². The molecule has 0 saturated carbocycles. The molecular formula is C8H8BrNO3. The van der Waals surface area contributed by atoms with Crippen molar-refractivity contribution in [3.05, 3.63) is 22.4 Å². The molecule has 5 heteroatoms. The topological polar surface area (TPSA) is 59.4 Å². The Morgan fingerprint density at radius 3 is 3.00 bits per heavy atom. The number of ether oxygens (including phenoxy) is 1. The second-order valence-corrected chi connectivity index (χ2v) is 3.09. The SMILES string of the molecule is CCOc1cc(C(=O)O)ncc1Br. The smallest absolute Gasteiger partial charge is 0.354 e. The summed E-state index contributed by atoms with van der Waals surface area (Å²) in [6.45, 7) is 2.31. The molecule has 1 heterocycles. The number of nitrogens with zero attached hydrogens (tertiary/aromatic N) is 1. The first kappa shape index (κ1) is 9.98. The number of halogens is 1. The van der Waals surface area contributed by atoms with Crippen LogP contribution in [0.25, 0.3) is 0 Å². The summed E-state index contributed by atoms with van der Waals surface area (Å²) in [5, 5.41) is 8.64. The molecule has 1 aromatic heterocycles. The van der Waals surface area contributed by atoms with Gasteiger partial charge in [-0.15, -0.1) is 0 Å². The molecule has 1 N–H and O–H groups in total. The molecule has 0 atom stereocenters. The zero-order valence-electron chi connectivity index (χ0n) is 6.95. The van der Waals surface area contributed by atoms with Gasteiger partial charge < -0.3 is 9.84 Å². The van der Waals surface area contributed by atoms with E-state index in [1.807, 2.05) is 6.92 Å². The number of hydrogen-bond donors (Lipinski definition) is 1. The summed E-state index contributed by atoms with van der Waals surface area (Å²) < 4.78 is 5.83. The molecule has 0 unspecified atom stereocenters. The average Bonchev–Trinajstić information content (AvgIpc) is 2.08. The van der Waals surface area contributed by atoms with Gasteiger partial charge in [0.05, 0.1) is 11.1 Å². The molecule has 1 aromatic rings. The Morgan fingerprint density at radius 1 is 1.77 bits per heavy atom. The maximum atomic E-state index is 10.5. The van der Waals surface area contributed by atoms with Crippen LogP contribution in [-0.2, 0) is 0 Å². The molecule has 0 radical (unpaired) electrons. The third-order valence-corrected chi connectivity index (χ3v) is 1.93. The zero-order chi connectivity index (χ0) is 9.84. The van der Waals surface area contributed by atoms with Crippen molar-refractivity contribution < 1.29 is 14.6 Å². The molecular weight excluding hydrogens is 238 g/mol. The lowest BCUT2D eigenvalue weighted by Crippen LogP contribution is -2.01. The quantitative estimate of drug-likeness (QED) is 0.885. The van der Waals surface area contributed by atoms with E-state index in [1.54, 1.807) is 0 Å². The Hall–Kier alpha value is -1.10. The number of carboxylic acids is 1. The first-order valence-corrected chi connectivity index (χ1v) is 4.46. The first-order valence-electron chi connectivity index (χ1n) is 3.66. The van der Waals surface area contributed by atoms with Crippen molar-refractivity contribution in [1.82, 2.24) is 4.98 Å². The summed E-state index contributed by atoms with van der Waals surface area (Å²) in [6.07, 6.45) is 1.41. The highest BCUT2D eigenvalue weighted by Gasteiger charge is 2.08. The van der Waals surface area contributed by atoms with Crippen LogP contribution in [0, 0.1) is 0 Å². The molecule has 0 aromatic carbocycles. The van der Waals surface area contributed by atoms with E-state index in [2.05, 4.69) is 20.9 Å². The number of hydrogen-bond acceptors (Lipinski definition) is 3. The van der Waals surface area contributed by atoms with Gasteiger partial charge in [0, 0.05) is 12.3 Å². The fourth-order valence-corrected chi connectivity index (χ4v) is 1.13. The minimum Gasteiger partial charge on any atom is -0.493 e. The zero-order valence-corrected chi connectivity index (χ0v) is 8.54. The van der Waals surface area contributed by atoms with Crippen molar-refractivity contribution >= 4 is 21.9 Å². The van der Waals surface area contributed by atoms with Gasteiger partial charge in [-0.25, -0.2) is 9.78 Å². The summed E-state index contributed by atoms with van der Waals surface area (Å²) >= 11 is 3.20. The highest BCUT2D eigenvalue weighted by Crippen LogP contribution is 2.24. The summed E-state index contributed by atoms with van der Waals surface area (Å²) in [6, 6.07) is 1.38. The number of carbonyl (C=O) groups is 1. The minimum atomic E-state index is -1.06. The van der Waals surface area contributed by atoms with Crippen molar-refractivity contribution in [2.75, 3.05) is 6.61 Å². The Kier molecular flexibility index (Phi) is 3.25. The molecule has 0 aliphatic carbocycles. The number of rotatable bonds is 3. The van der Waals surface area contributed by atoms with E-state index >= 15 is 0 Å². The molecule has 0 fully saturated rings. The standard InChI is InChI=1S/C8H8BrNO3/c1-2-13-7-3-6(8(11)12)10-4-5(7)9/h3-4H,2H2,1H3,(H,11,12). The van der Waals surface area contributed by atoms with Gasteiger partial charge in [0.25, 0.3) is 0 Å². The van der Waals surface area contributed by atoms with Crippen LogP contribution in [0.15, 0.2) is 16.7 Å². The molecule has 0 saturated heterocycles. The third kappa shape index (κ3) is 2.42. The Labute approximate surface area is 83.7 Å². The Balaban J connectivity index is 3.03. The molecule has 1 rings (SSSR count). The number of aromatic carboxylic acids is 1. The molecule has 70 valence electrons. The number of aromatic nitrogens is 1. The fraction of sp³-hybridized carbons (Fsp3) is 0.250. The number of carboxylic acid groups (broad SMARTS) is 1. The van der Waals surface area contributed by atoms with Crippen LogP contribution >= 0.6 is 15.9 Å². The maximum Gasteiger partial charge on any atom is 0.354 e. The summed E-state index contributed by atoms with van der Waals surface area (Å²) in [5.41, 5.74) is -0.0216. The van der Waals surface area contributed by atoms with Crippen molar-refractivity contribution in [3.63, 3.8) is 0 Å². The summed E-state index contributed by atoms with van der Waals surface area (Å²) in [4.78, 5) is 14.2. The van der Waals surface area contributed by atoms with E-state index in [1.165, 1.54) is 12.3 Å². The average molecular weight is 246 g/mol. The molecule has 0 aliphatic heterocycles. The molecule has 4 nitrogen and oxygen atoms in total. The van der Waals surface area contributed by atoms with Crippen molar-refractivity contribution in [2.24, 2.45) is 0 Å². The van der Waals surface area contributed by atoms with Crippen LogP contribution in [-0.4, -0.2) is 22.7 Å². The van der Waals surface area contributed by atoms with Gasteiger partial charge in [-0.2, -0.15) is 0 Å². The third-order valence-electron chi connectivity index (χ3n) is 1.34. The van der Waals surface area contributed by atoms with E-state index in [4.69, 9.17) is 9.84 Å². The largest absolute Gasteiger partial charge is 0.493 e. The van der Waals surface area contributed by atoms with Gasteiger partial charge in [0.1, 0.15) is 5.75 Å². The van der Waals surface area contributed by atoms with Crippen LogP contribution < -0.4 is 4.74 Å². The van der Waals surface area contributed by atoms with Gasteiger partial charge in [-0.05, 0) is 22.9 Å². The molecule has 13 heavy (non-hydrogen) atoms. The van der Waals surface area contributed by atoms with Crippen LogP contribution in [0.1, 0.15) is 17.4 Å². The minimum absolute atomic E-state index is 0.0216. The van der Waals surface area contributed by atoms with Gasteiger partial charge in [-0.3, -0.25) is 0 Å². The second-order valence-electron chi connectivity index (χ2n) is 2.24. The normalized spacial score (nSPS) is 9.69. The van der Waals surface area contributed by atoms with Crippen molar-refractivity contribution in [3.8, 4) is 5.75 Å². The van der Waals surface area contributed by atoms with Crippen LogP contribution in [0.5, 0.6) is 5.75 Å². The van der Waals surface area contributed by atoms with Crippen LogP contribution in [0.4, 0.5) is 0 Å². The van der Waals surface area contributed by atoms with E-state index < -0.39 is 5.97 Å². The lowest BCUT2D eigenvalue weighted by molar-refractivity contribution is 0.0690. The summed E-state index contributed by atoms with van der Waals surface area (Å²) in [5.74, 6) is -0.566. The predicted octanol–water partition coefficient (Wildman–Crippen LogP) is 1.94. The lowest BCUT2D eigenvalue weighted by Gasteiger charge is -2.05. The maximum absolute atomic E-state index is 10.5. The van der Waals surface area contributed by atoms with E-state index in [0.717, 1.165) is 0 Å². The van der Waals surface area contributed by atoms with Crippen molar-refractivity contribution in [1.29, 1.82) is 0 Å². The number of pyridine rings is 1. The monoisotopic (exact) mass is 245 g/mol. The molecule has 0 amide bonds. The van der Waals surface area contributed by atoms with E-state index in [0.29, 0.717) is 16.8 Å². The molecule has 0 aliphatic rings. The van der Waals surface area contributed by atoms with Gasteiger partial charge >= 0.3 is 5.97 Å². The van der Waals surface area contributed by atoms with E-state index in [-0.39, 0.29) is 5.69 Å². The van der Waals surface area contributed by atoms with Gasteiger partial charge in [0.2, 0.25) is 0 Å². The van der Waals surface area contributed by atoms with Crippen molar-refractivity contribution in [2.45, 2.75) is 6.92 Å². The molecule has 0 spiro atoms. The predicted molar refractivity (Wildman–Crippen MR) is 50.1 cm³/mol. The Bertz CT molecular complexity index is 327. The second kappa shape index (κ2) is 4.23. The van der Waals surface area contributed by atoms with Gasteiger partial charge in [0.15, 0.2) is 5.69 Å².